The zero-order valence-electron chi connectivity index (χ0n) is 21.4. The number of esters is 1. The number of carboxylic acid groups (broad SMARTS) is 1. The van der Waals surface area contributed by atoms with Crippen LogP contribution in [-0.2, 0) is 23.9 Å². The second kappa shape index (κ2) is 20.5. The topological polar surface area (TPSA) is 186 Å². The molecule has 0 radical (unpaired) electrons. The molecule has 11 nitrogen and oxygen atoms in total. The maximum Gasteiger partial charge on any atom is 0.328 e. The van der Waals surface area contributed by atoms with Crippen LogP contribution in [0, 0.1) is 0 Å². The molecule has 202 valence electrons. The van der Waals surface area contributed by atoms with Crippen LogP contribution >= 0.6 is 0 Å². The van der Waals surface area contributed by atoms with Crippen molar-refractivity contribution in [3.05, 3.63) is 0 Å². The number of carbonyl (C=O) groups is 4. The molecule has 0 spiro atoms. The second-order valence-electron chi connectivity index (χ2n) is 8.54. The van der Waals surface area contributed by atoms with E-state index in [0.717, 1.165) is 19.3 Å². The van der Waals surface area contributed by atoms with Gasteiger partial charge in [-0.2, -0.15) is 0 Å². The lowest BCUT2D eigenvalue weighted by Gasteiger charge is -2.17. The third kappa shape index (κ3) is 18.2. The maximum atomic E-state index is 12.1. The summed E-state index contributed by atoms with van der Waals surface area (Å²) in [6.45, 7) is 4.67. The molecule has 0 aromatic heterocycles. The molecule has 1 heterocycles. The number of hydrogen-bond donors (Lipinski definition) is 5. The van der Waals surface area contributed by atoms with Gasteiger partial charge in [-0.3, -0.25) is 14.6 Å². The first kappa shape index (κ1) is 32.1. The number of aliphatic carboxylic acids is 1. The van der Waals surface area contributed by atoms with E-state index in [1.54, 1.807) is 6.92 Å². The fourth-order valence-corrected chi connectivity index (χ4v) is 3.48. The van der Waals surface area contributed by atoms with Crippen LogP contribution in [0.4, 0.5) is 0 Å². The lowest BCUT2D eigenvalue weighted by molar-refractivity contribution is -0.147. The number of carboxylic acids is 1. The fourth-order valence-electron chi connectivity index (χ4n) is 3.48. The first-order chi connectivity index (χ1) is 16.7. The highest BCUT2D eigenvalue weighted by Crippen LogP contribution is 2.10. The lowest BCUT2D eigenvalue weighted by Crippen LogP contribution is -2.42. The van der Waals surface area contributed by atoms with Gasteiger partial charge in [-0.25, -0.2) is 9.59 Å². The number of unbranched alkanes of at least 4 members (excludes halogenated alkanes) is 7. The van der Waals surface area contributed by atoms with Gasteiger partial charge in [0.15, 0.2) is 5.96 Å². The minimum Gasteiger partial charge on any atom is -0.480 e. The number of rotatable bonds is 17. The van der Waals surface area contributed by atoms with Crippen molar-refractivity contribution >= 4 is 29.7 Å². The van der Waals surface area contributed by atoms with Crippen LogP contribution in [0.15, 0.2) is 4.99 Å². The number of guanidine groups is 1. The predicted octanol–water partition coefficient (Wildman–Crippen LogP) is 1.97. The Morgan fingerprint density at radius 3 is 2.20 bits per heavy atom. The van der Waals surface area contributed by atoms with Gasteiger partial charge in [0.05, 0.1) is 6.61 Å². The highest BCUT2D eigenvalue weighted by molar-refractivity contribution is 5.87. The van der Waals surface area contributed by atoms with Gasteiger partial charge < -0.3 is 31.9 Å². The molecule has 1 unspecified atom stereocenters. The van der Waals surface area contributed by atoms with E-state index in [9.17, 15) is 19.2 Å². The summed E-state index contributed by atoms with van der Waals surface area (Å²) in [5.41, 5.74) is 10.6. The highest BCUT2D eigenvalue weighted by atomic mass is 16.5. The smallest absolute Gasteiger partial charge is 0.328 e. The van der Waals surface area contributed by atoms with Crippen LogP contribution in [0.1, 0.15) is 97.3 Å². The van der Waals surface area contributed by atoms with E-state index in [4.69, 9.17) is 21.3 Å². The zero-order chi connectivity index (χ0) is 26.5. The molecule has 0 saturated carbocycles. The Morgan fingerprint density at radius 1 is 1.09 bits per heavy atom. The molecule has 35 heavy (non-hydrogen) atoms. The number of ether oxygens (including phenoxy) is 1. The summed E-state index contributed by atoms with van der Waals surface area (Å²) in [6, 6.07) is -1.27. The average Bonchev–Trinajstić information content (AvgIpc) is 3.25. The van der Waals surface area contributed by atoms with Crippen molar-refractivity contribution < 1.29 is 29.0 Å². The standard InChI is InChI=1S/C19H38N4O3.C5H7NO3/c1-3-5-6-7-8-9-10-11-14-17(24)23-16(18(25)26-4-2)13-12-15-22-19(20)21;7-4-2-1-3(6-4)5(8)9/h16H,3-15H2,1-2H3,(H,23,24)(H4,20,21,22);3H,1-2H2,(H,6,7)(H,8,9)/t16-;/m0./s1. The van der Waals surface area contributed by atoms with Gasteiger partial charge in [0.25, 0.3) is 0 Å². The van der Waals surface area contributed by atoms with Crippen molar-refractivity contribution in [3.8, 4) is 0 Å². The van der Waals surface area contributed by atoms with Gasteiger partial charge in [0.2, 0.25) is 11.8 Å². The van der Waals surface area contributed by atoms with Gasteiger partial charge in [0.1, 0.15) is 12.1 Å². The number of carbonyl (C=O) groups excluding carboxylic acids is 3. The Hall–Kier alpha value is -2.85. The summed E-state index contributed by atoms with van der Waals surface area (Å²) in [7, 11) is 0. The molecular formula is C24H45N5O6. The van der Waals surface area contributed by atoms with E-state index < -0.39 is 24.0 Å². The van der Waals surface area contributed by atoms with Crippen molar-refractivity contribution in [1.29, 1.82) is 0 Å². The Kier molecular flexibility index (Phi) is 18.8. The third-order valence-electron chi connectivity index (χ3n) is 5.40. The zero-order valence-corrected chi connectivity index (χ0v) is 21.4. The van der Waals surface area contributed by atoms with Crippen LogP contribution in [-0.4, -0.2) is 60.1 Å². The first-order valence-corrected chi connectivity index (χ1v) is 12.7. The minimum absolute atomic E-state index is 0.0245. The van der Waals surface area contributed by atoms with Crippen LogP contribution in [0.3, 0.4) is 0 Å². The van der Waals surface area contributed by atoms with Crippen LogP contribution in [0.2, 0.25) is 0 Å². The predicted molar refractivity (Wildman–Crippen MR) is 135 cm³/mol. The molecule has 0 bridgehead atoms. The number of amides is 2. The number of hydrogen-bond acceptors (Lipinski definition) is 6. The Bertz CT molecular complexity index is 667. The summed E-state index contributed by atoms with van der Waals surface area (Å²) in [5.74, 6) is -1.59. The van der Waals surface area contributed by atoms with E-state index >= 15 is 0 Å². The molecule has 1 rings (SSSR count). The SMILES string of the molecule is CCCCCCCCCCC(=O)N[C@@H](CCCN=C(N)N)C(=O)OCC.O=C1CCC(C(=O)O)N1. The number of aliphatic imine (C=N–C) groups is 1. The summed E-state index contributed by atoms with van der Waals surface area (Å²) in [4.78, 5) is 48.5. The fraction of sp³-hybridized carbons (Fsp3) is 0.792. The van der Waals surface area contributed by atoms with Crippen molar-refractivity contribution in [1.82, 2.24) is 10.6 Å². The van der Waals surface area contributed by atoms with Gasteiger partial charge in [-0.1, -0.05) is 51.9 Å². The van der Waals surface area contributed by atoms with Crippen LogP contribution in [0.25, 0.3) is 0 Å². The van der Waals surface area contributed by atoms with E-state index in [0.29, 0.717) is 38.6 Å². The Balaban J connectivity index is 0.00000106. The summed E-state index contributed by atoms with van der Waals surface area (Å²) in [5, 5.41) is 13.4. The molecule has 2 amide bonds. The Labute approximate surface area is 208 Å². The first-order valence-electron chi connectivity index (χ1n) is 12.7. The van der Waals surface area contributed by atoms with Crippen molar-refractivity contribution in [2.75, 3.05) is 13.2 Å². The van der Waals surface area contributed by atoms with Crippen molar-refractivity contribution in [2.24, 2.45) is 16.5 Å². The maximum absolute atomic E-state index is 12.1. The molecular weight excluding hydrogens is 454 g/mol. The largest absolute Gasteiger partial charge is 0.480 e. The number of nitrogens with one attached hydrogen (secondary N) is 2. The lowest BCUT2D eigenvalue weighted by atomic mass is 10.1. The van der Waals surface area contributed by atoms with Gasteiger partial charge in [-0.05, 0) is 32.6 Å². The average molecular weight is 500 g/mol. The molecule has 11 heteroatoms. The van der Waals surface area contributed by atoms with Crippen molar-refractivity contribution in [3.63, 3.8) is 0 Å². The molecule has 2 atom stereocenters. The number of nitrogens with two attached hydrogens (primary N) is 2. The van der Waals surface area contributed by atoms with E-state index in [1.807, 2.05) is 0 Å². The van der Waals surface area contributed by atoms with Crippen LogP contribution < -0.4 is 22.1 Å². The molecule has 0 aromatic rings. The molecule has 1 aliphatic rings. The van der Waals surface area contributed by atoms with Gasteiger partial charge in [0, 0.05) is 19.4 Å². The minimum atomic E-state index is -0.944. The molecule has 1 fully saturated rings. The summed E-state index contributed by atoms with van der Waals surface area (Å²) >= 11 is 0. The third-order valence-corrected chi connectivity index (χ3v) is 5.40. The normalized spacial score (nSPS) is 15.3. The second-order valence-corrected chi connectivity index (χ2v) is 8.54. The van der Waals surface area contributed by atoms with Crippen molar-refractivity contribution in [2.45, 2.75) is 109 Å². The highest BCUT2D eigenvalue weighted by Gasteiger charge is 2.26. The molecule has 1 aliphatic heterocycles. The molecule has 0 aromatic carbocycles. The van der Waals surface area contributed by atoms with E-state index in [1.165, 1.54) is 32.1 Å². The van der Waals surface area contributed by atoms with Gasteiger partial charge in [-0.15, -0.1) is 0 Å². The molecule has 1 saturated heterocycles. The summed E-state index contributed by atoms with van der Waals surface area (Å²) in [6.07, 6.45) is 11.7. The molecule has 7 N–H and O–H groups in total. The molecule has 0 aliphatic carbocycles. The van der Waals surface area contributed by atoms with E-state index in [2.05, 4.69) is 22.5 Å². The van der Waals surface area contributed by atoms with Crippen LogP contribution in [0.5, 0.6) is 0 Å². The monoisotopic (exact) mass is 499 g/mol. The number of nitrogens with zero attached hydrogens (tertiary/aromatic N) is 1. The van der Waals surface area contributed by atoms with Gasteiger partial charge >= 0.3 is 11.9 Å². The quantitative estimate of drug-likeness (QED) is 0.0869. The Morgan fingerprint density at radius 2 is 1.71 bits per heavy atom. The van der Waals surface area contributed by atoms with E-state index in [-0.39, 0.29) is 24.4 Å². The summed E-state index contributed by atoms with van der Waals surface area (Å²) < 4.78 is 5.03.